The van der Waals surface area contributed by atoms with E-state index >= 15 is 0 Å². The van der Waals surface area contributed by atoms with Crippen molar-refractivity contribution in [3.05, 3.63) is 75.3 Å². The number of amides is 1. The summed E-state index contributed by atoms with van der Waals surface area (Å²) in [6.45, 7) is 5.60. The van der Waals surface area contributed by atoms with Crippen molar-refractivity contribution < 1.29 is 9.18 Å². The van der Waals surface area contributed by atoms with Crippen molar-refractivity contribution in [2.45, 2.75) is 38.6 Å². The van der Waals surface area contributed by atoms with Gasteiger partial charge in [0.05, 0.1) is 17.5 Å². The maximum absolute atomic E-state index is 14.3. The first-order valence-electron chi connectivity index (χ1n) is 12.8. The number of benzene rings is 2. The van der Waals surface area contributed by atoms with Crippen LogP contribution in [-0.4, -0.2) is 64.8 Å². The zero-order valence-electron chi connectivity index (χ0n) is 20.9. The minimum absolute atomic E-state index is 0.00842. The van der Waals surface area contributed by atoms with Crippen molar-refractivity contribution in [1.29, 1.82) is 0 Å². The SMILES string of the molecule is CCc1cc2[nH]c(=O)c(C(C=Nc3cccc(C(=O)N4CCC(N5CCCC5)C4)c3)=NN)cc2cc1F. The standard InChI is InChI=1S/C28H31FN6O2/c1-2-18-15-25-20(14-24(18)29)13-23(27(36)32-25)26(33-30)16-31-21-7-5-6-19(12-21)28(37)35-11-8-22(17-35)34-9-3-4-10-34/h5-7,12-16,22H,2-4,8-11,17,30H2,1H3,(H,32,36). The summed E-state index contributed by atoms with van der Waals surface area (Å²) < 4.78 is 14.3. The number of aryl methyl sites for hydroxylation is 1. The van der Waals surface area contributed by atoms with E-state index in [0.717, 1.165) is 32.6 Å². The zero-order valence-corrected chi connectivity index (χ0v) is 20.9. The lowest BCUT2D eigenvalue weighted by atomic mass is 10.1. The lowest BCUT2D eigenvalue weighted by Gasteiger charge is -2.23. The second kappa shape index (κ2) is 10.6. The molecule has 5 rings (SSSR count). The van der Waals surface area contributed by atoms with E-state index in [9.17, 15) is 14.0 Å². The number of likely N-dealkylation sites (tertiary alicyclic amines) is 2. The highest BCUT2D eigenvalue weighted by Crippen LogP contribution is 2.23. The minimum atomic E-state index is -0.401. The molecule has 0 aliphatic carbocycles. The number of aromatic nitrogens is 1. The van der Waals surface area contributed by atoms with Gasteiger partial charge in [0.15, 0.2) is 0 Å². The second-order valence-electron chi connectivity index (χ2n) is 9.66. The van der Waals surface area contributed by atoms with Gasteiger partial charge in [-0.2, -0.15) is 5.10 Å². The number of hydrazone groups is 1. The first-order chi connectivity index (χ1) is 18.0. The van der Waals surface area contributed by atoms with Crippen molar-refractivity contribution in [3.8, 4) is 0 Å². The maximum Gasteiger partial charge on any atom is 0.258 e. The summed E-state index contributed by atoms with van der Waals surface area (Å²) in [6.07, 6.45) is 5.38. The Hall–Kier alpha value is -3.85. The Morgan fingerprint density at radius 1 is 1.19 bits per heavy atom. The molecule has 2 fully saturated rings. The number of carbonyl (C=O) groups is 1. The molecule has 0 spiro atoms. The van der Waals surface area contributed by atoms with Gasteiger partial charge in [0, 0.05) is 35.6 Å². The Bertz CT molecular complexity index is 1440. The van der Waals surface area contributed by atoms with E-state index in [4.69, 9.17) is 5.84 Å². The van der Waals surface area contributed by atoms with Gasteiger partial charge in [-0.3, -0.25) is 19.5 Å². The van der Waals surface area contributed by atoms with Gasteiger partial charge in [0.25, 0.3) is 11.5 Å². The number of rotatable bonds is 6. The number of hydrogen-bond donors (Lipinski definition) is 2. The van der Waals surface area contributed by atoms with Crippen molar-refractivity contribution in [1.82, 2.24) is 14.8 Å². The molecule has 2 aromatic carbocycles. The molecule has 0 bridgehead atoms. The molecule has 3 heterocycles. The number of nitrogens with zero attached hydrogens (tertiary/aromatic N) is 4. The predicted molar refractivity (Wildman–Crippen MR) is 144 cm³/mol. The fraction of sp³-hybridized carbons (Fsp3) is 0.357. The summed E-state index contributed by atoms with van der Waals surface area (Å²) in [5.74, 6) is 5.25. The third-order valence-electron chi connectivity index (χ3n) is 7.34. The van der Waals surface area contributed by atoms with Crippen LogP contribution in [0.1, 0.15) is 47.7 Å². The molecular formula is C28H31FN6O2. The molecule has 8 nitrogen and oxygen atoms in total. The van der Waals surface area contributed by atoms with Crippen LogP contribution in [0.25, 0.3) is 10.9 Å². The van der Waals surface area contributed by atoms with Crippen LogP contribution in [0, 0.1) is 5.82 Å². The molecule has 3 N–H and O–H groups in total. The molecule has 192 valence electrons. The van der Waals surface area contributed by atoms with Crippen LogP contribution in [0.3, 0.4) is 0 Å². The number of aliphatic imine (C=N–C) groups is 1. The Morgan fingerprint density at radius 3 is 2.76 bits per heavy atom. The predicted octanol–water partition coefficient (Wildman–Crippen LogP) is 3.61. The lowest BCUT2D eigenvalue weighted by molar-refractivity contribution is 0.0780. The summed E-state index contributed by atoms with van der Waals surface area (Å²) in [5, 5.41) is 4.27. The minimum Gasteiger partial charge on any atom is -0.337 e. The topological polar surface area (TPSA) is 107 Å². The van der Waals surface area contributed by atoms with Crippen LogP contribution < -0.4 is 11.4 Å². The van der Waals surface area contributed by atoms with E-state index in [1.54, 1.807) is 36.4 Å². The number of nitrogens with two attached hydrogens (primary N) is 1. The van der Waals surface area contributed by atoms with E-state index in [-0.39, 0.29) is 23.0 Å². The van der Waals surface area contributed by atoms with E-state index in [1.165, 1.54) is 25.1 Å². The van der Waals surface area contributed by atoms with Gasteiger partial charge in [-0.25, -0.2) is 4.39 Å². The maximum atomic E-state index is 14.3. The van der Waals surface area contributed by atoms with E-state index in [2.05, 4.69) is 20.0 Å². The molecule has 37 heavy (non-hydrogen) atoms. The van der Waals surface area contributed by atoms with Gasteiger partial charge >= 0.3 is 0 Å². The third-order valence-corrected chi connectivity index (χ3v) is 7.34. The van der Waals surface area contributed by atoms with Gasteiger partial charge in [-0.1, -0.05) is 13.0 Å². The van der Waals surface area contributed by atoms with E-state index in [0.29, 0.717) is 40.2 Å². The summed E-state index contributed by atoms with van der Waals surface area (Å²) in [7, 11) is 0. The highest BCUT2D eigenvalue weighted by molar-refractivity contribution is 6.38. The number of fused-ring (bicyclic) bond motifs is 1. The molecular weight excluding hydrogens is 471 g/mol. The molecule has 0 radical (unpaired) electrons. The van der Waals surface area contributed by atoms with Gasteiger partial charge in [-0.15, -0.1) is 0 Å². The molecule has 1 atom stereocenters. The van der Waals surface area contributed by atoms with Crippen LogP contribution in [-0.2, 0) is 6.42 Å². The van der Waals surface area contributed by atoms with Crippen molar-refractivity contribution >= 4 is 34.4 Å². The monoisotopic (exact) mass is 502 g/mol. The fourth-order valence-corrected chi connectivity index (χ4v) is 5.27. The van der Waals surface area contributed by atoms with Crippen LogP contribution in [0.15, 0.2) is 57.4 Å². The Labute approximate surface area is 214 Å². The van der Waals surface area contributed by atoms with E-state index < -0.39 is 5.56 Å². The number of halogens is 1. The van der Waals surface area contributed by atoms with Crippen molar-refractivity contribution in [2.75, 3.05) is 26.2 Å². The summed E-state index contributed by atoms with van der Waals surface area (Å²) in [4.78, 5) is 37.5. The van der Waals surface area contributed by atoms with Gasteiger partial charge in [-0.05, 0) is 80.7 Å². The van der Waals surface area contributed by atoms with Crippen LogP contribution in [0.5, 0.6) is 0 Å². The smallest absolute Gasteiger partial charge is 0.258 e. The first-order valence-corrected chi connectivity index (χ1v) is 12.8. The summed E-state index contributed by atoms with van der Waals surface area (Å²) in [6, 6.07) is 12.1. The molecule has 2 aliphatic heterocycles. The number of H-pyrrole nitrogens is 1. The molecule has 2 saturated heterocycles. The lowest BCUT2D eigenvalue weighted by Crippen LogP contribution is -2.37. The van der Waals surface area contributed by atoms with Crippen LogP contribution in [0.4, 0.5) is 10.1 Å². The van der Waals surface area contributed by atoms with Gasteiger partial charge < -0.3 is 15.7 Å². The first kappa shape index (κ1) is 24.8. The highest BCUT2D eigenvalue weighted by atomic mass is 19.1. The fourth-order valence-electron chi connectivity index (χ4n) is 5.27. The molecule has 0 saturated carbocycles. The number of nitrogens with one attached hydrogen (secondary N) is 1. The molecule has 1 amide bonds. The van der Waals surface area contributed by atoms with Gasteiger partial charge in [0.2, 0.25) is 0 Å². The summed E-state index contributed by atoms with van der Waals surface area (Å²) >= 11 is 0. The highest BCUT2D eigenvalue weighted by Gasteiger charge is 2.31. The van der Waals surface area contributed by atoms with E-state index in [1.807, 2.05) is 11.8 Å². The third kappa shape index (κ3) is 5.17. The van der Waals surface area contributed by atoms with Crippen molar-refractivity contribution in [3.63, 3.8) is 0 Å². The van der Waals surface area contributed by atoms with Crippen LogP contribution >= 0.6 is 0 Å². The quantitative estimate of drug-likeness (QED) is 0.305. The number of hydrogen-bond acceptors (Lipinski definition) is 6. The number of aromatic amines is 1. The molecule has 1 unspecified atom stereocenters. The largest absolute Gasteiger partial charge is 0.337 e. The zero-order chi connectivity index (χ0) is 25.9. The Balaban J connectivity index is 1.34. The Morgan fingerprint density at radius 2 is 2.00 bits per heavy atom. The van der Waals surface area contributed by atoms with Crippen molar-refractivity contribution in [2.24, 2.45) is 15.9 Å². The summed E-state index contributed by atoms with van der Waals surface area (Å²) in [5.41, 5.74) is 2.10. The molecule has 9 heteroatoms. The average molecular weight is 503 g/mol. The Kier molecular flexibility index (Phi) is 7.14. The number of pyridine rings is 1. The van der Waals surface area contributed by atoms with Crippen LogP contribution in [0.2, 0.25) is 0 Å². The number of carbonyl (C=O) groups excluding carboxylic acids is 1. The molecule has 2 aliphatic rings. The normalized spacial score (nSPS) is 18.9. The average Bonchev–Trinajstić information content (AvgIpc) is 3.61. The molecule has 3 aromatic rings. The van der Waals surface area contributed by atoms with Gasteiger partial charge in [0.1, 0.15) is 11.5 Å². The molecule has 1 aromatic heterocycles. The second-order valence-corrected chi connectivity index (χ2v) is 9.66.